The number of alkyl halides is 3. The van der Waals surface area contributed by atoms with Crippen LogP contribution < -0.4 is 0 Å². The molecule has 0 aromatic heterocycles. The largest absolute Gasteiger partial charge is 0.522 e. The van der Waals surface area contributed by atoms with Crippen LogP contribution in [0.5, 0.6) is 0 Å². The van der Waals surface area contributed by atoms with Gasteiger partial charge in [-0.1, -0.05) is 53.4 Å². The molecule has 0 aromatic carbocycles. The van der Waals surface area contributed by atoms with Crippen molar-refractivity contribution in [2.24, 2.45) is 0 Å². The lowest BCUT2D eigenvalue weighted by atomic mass is 10.4. The molecular weight excluding hydrogens is 372 g/mol. The predicted molar refractivity (Wildman–Crippen MR) is 104 cm³/mol. The van der Waals surface area contributed by atoms with E-state index in [1.165, 1.54) is 51.4 Å². The van der Waals surface area contributed by atoms with Gasteiger partial charge in [0, 0.05) is 0 Å². The van der Waals surface area contributed by atoms with Crippen LogP contribution in [0.3, 0.4) is 0 Å². The lowest BCUT2D eigenvalue weighted by molar-refractivity contribution is -0.0510. The van der Waals surface area contributed by atoms with Gasteiger partial charge in [-0.2, -0.15) is 21.6 Å². The van der Waals surface area contributed by atoms with Crippen molar-refractivity contribution in [3.05, 3.63) is 0 Å². The molecule has 0 bridgehead atoms. The monoisotopic (exact) mass is 409 g/mol. The van der Waals surface area contributed by atoms with Crippen molar-refractivity contribution in [3.63, 3.8) is 0 Å². The minimum absolute atomic E-state index is 0.562. The standard InChI is InChI=1S/C16H36P.CHF3O3S/c1-5-9-13-17(14-10-6-2,15-11-7-3)16-12-8-4;2-1(3,4)8(5,6)7/h5-16H2,1-4H3;(H,5,6,7). The zero-order valence-electron chi connectivity index (χ0n) is 16.2. The number of halogens is 3. The molecule has 0 aliphatic rings. The molecule has 0 heterocycles. The molecule has 0 spiro atoms. The molecular formula is C17H37F3O3PS. The molecule has 0 aliphatic heterocycles. The zero-order chi connectivity index (χ0) is 20.0. The number of hydrogen-bond donors (Lipinski definition) is 1. The van der Waals surface area contributed by atoms with E-state index in [0.717, 1.165) is 0 Å². The van der Waals surface area contributed by atoms with E-state index in [1.807, 2.05) is 0 Å². The summed E-state index contributed by atoms with van der Waals surface area (Å²) in [4.78, 5) is 0. The summed E-state index contributed by atoms with van der Waals surface area (Å²) in [6.07, 6.45) is 17.9. The first-order valence-corrected chi connectivity index (χ1v) is 13.4. The van der Waals surface area contributed by atoms with Crippen molar-refractivity contribution in [1.82, 2.24) is 0 Å². The van der Waals surface area contributed by atoms with Crippen molar-refractivity contribution < 1.29 is 26.1 Å². The highest BCUT2D eigenvalue weighted by molar-refractivity contribution is 7.86. The number of unbranched alkanes of at least 4 members (excludes halogenated alkanes) is 4. The van der Waals surface area contributed by atoms with Gasteiger partial charge < -0.3 is 0 Å². The molecule has 155 valence electrons. The first-order valence-electron chi connectivity index (χ1n) is 9.38. The van der Waals surface area contributed by atoms with E-state index in [2.05, 4.69) is 27.7 Å². The minimum atomic E-state index is -5.84. The Morgan fingerprint density at radius 3 is 1.04 bits per heavy atom. The number of hydrogen-bond acceptors (Lipinski definition) is 2. The summed E-state index contributed by atoms with van der Waals surface area (Å²) >= 11 is 0. The fourth-order valence-corrected chi connectivity index (χ4v) is 7.93. The summed E-state index contributed by atoms with van der Waals surface area (Å²) in [5.41, 5.74) is -5.53. The molecule has 0 saturated carbocycles. The third kappa shape index (κ3) is 13.9. The van der Waals surface area contributed by atoms with Crippen LogP contribution in [-0.2, 0) is 10.1 Å². The summed E-state index contributed by atoms with van der Waals surface area (Å²) in [5.74, 6) is 0. The van der Waals surface area contributed by atoms with Crippen LogP contribution in [-0.4, -0.2) is 43.1 Å². The first-order chi connectivity index (χ1) is 11.5. The second-order valence-electron chi connectivity index (χ2n) is 6.57. The highest BCUT2D eigenvalue weighted by Crippen LogP contribution is 2.61. The second-order valence-corrected chi connectivity index (χ2v) is 12.5. The lowest BCUT2D eigenvalue weighted by Crippen LogP contribution is -2.21. The maximum absolute atomic E-state index is 10.7. The summed E-state index contributed by atoms with van der Waals surface area (Å²) in [7, 11) is -6.40. The summed E-state index contributed by atoms with van der Waals surface area (Å²) in [5, 5.41) is 0. The van der Waals surface area contributed by atoms with Gasteiger partial charge >= 0.3 is 15.6 Å². The lowest BCUT2D eigenvalue weighted by Gasteiger charge is -2.37. The van der Waals surface area contributed by atoms with Gasteiger partial charge in [0.15, 0.2) is 0 Å². The van der Waals surface area contributed by atoms with Gasteiger partial charge in [-0.05, 0) is 50.3 Å². The zero-order valence-corrected chi connectivity index (χ0v) is 17.9. The Balaban J connectivity index is 0. The van der Waals surface area contributed by atoms with Crippen LogP contribution in [0.1, 0.15) is 79.1 Å². The molecule has 0 fully saturated rings. The van der Waals surface area contributed by atoms with Crippen LogP contribution in [0.15, 0.2) is 0 Å². The maximum Gasteiger partial charge on any atom is 0.522 e. The molecule has 0 saturated heterocycles. The highest BCUT2D eigenvalue weighted by atomic mass is 32.2. The average molecular weight is 410 g/mol. The third-order valence-corrected chi connectivity index (χ3v) is 9.88. The van der Waals surface area contributed by atoms with Crippen LogP contribution in [0, 0.1) is 0 Å². The Morgan fingerprint density at radius 1 is 0.720 bits per heavy atom. The Bertz CT molecular complexity index is 374. The van der Waals surface area contributed by atoms with E-state index in [9.17, 15) is 13.2 Å². The summed E-state index contributed by atoms with van der Waals surface area (Å²) < 4.78 is 57.5. The molecule has 0 rings (SSSR count). The van der Waals surface area contributed by atoms with Gasteiger partial charge in [0.25, 0.3) is 0 Å². The van der Waals surface area contributed by atoms with E-state index >= 15 is 0 Å². The SMILES string of the molecule is CCCC[P](CCCC)(CCCC)CCCC.O=S(=O)(O)C(F)(F)F. The molecule has 0 atom stereocenters. The van der Waals surface area contributed by atoms with E-state index in [0.29, 0.717) is 0 Å². The van der Waals surface area contributed by atoms with E-state index < -0.39 is 22.9 Å². The fraction of sp³-hybridized carbons (Fsp3) is 1.00. The van der Waals surface area contributed by atoms with Crippen LogP contribution in [0.4, 0.5) is 13.2 Å². The second kappa shape index (κ2) is 14.2. The van der Waals surface area contributed by atoms with E-state index in [4.69, 9.17) is 13.0 Å². The van der Waals surface area contributed by atoms with Crippen LogP contribution >= 0.6 is 7.26 Å². The smallest absolute Gasteiger partial charge is 0.279 e. The first kappa shape index (κ1) is 27.3. The molecule has 0 aromatic rings. The Hall–Kier alpha value is 0.130. The van der Waals surface area contributed by atoms with Crippen LogP contribution in [0.2, 0.25) is 0 Å². The molecule has 0 unspecified atom stereocenters. The normalized spacial score (nSPS) is 12.6. The summed E-state index contributed by atoms with van der Waals surface area (Å²) in [6, 6.07) is 0. The van der Waals surface area contributed by atoms with Gasteiger partial charge in [-0.15, -0.1) is 7.26 Å². The van der Waals surface area contributed by atoms with Crippen molar-refractivity contribution in [2.75, 3.05) is 24.6 Å². The molecule has 1 radical (unpaired) electrons. The van der Waals surface area contributed by atoms with Crippen molar-refractivity contribution >= 4 is 17.4 Å². The predicted octanol–water partition coefficient (Wildman–Crippen LogP) is 6.60. The number of rotatable bonds is 12. The fourth-order valence-electron chi connectivity index (χ4n) is 2.64. The quantitative estimate of drug-likeness (QED) is 0.224. The molecule has 3 nitrogen and oxygen atoms in total. The highest BCUT2D eigenvalue weighted by Gasteiger charge is 2.44. The molecule has 0 amide bonds. The topological polar surface area (TPSA) is 54.4 Å². The van der Waals surface area contributed by atoms with E-state index in [-0.39, 0.29) is 0 Å². The molecule has 1 N–H and O–H groups in total. The summed E-state index contributed by atoms with van der Waals surface area (Å²) in [6.45, 7) is 9.42. The Morgan fingerprint density at radius 2 is 0.920 bits per heavy atom. The van der Waals surface area contributed by atoms with E-state index in [1.54, 1.807) is 24.6 Å². The van der Waals surface area contributed by atoms with Gasteiger partial charge in [0.05, 0.1) is 0 Å². The van der Waals surface area contributed by atoms with Gasteiger partial charge in [-0.3, -0.25) is 4.55 Å². The Labute approximate surface area is 153 Å². The van der Waals surface area contributed by atoms with Crippen molar-refractivity contribution in [1.29, 1.82) is 0 Å². The van der Waals surface area contributed by atoms with Crippen molar-refractivity contribution in [3.8, 4) is 0 Å². The maximum atomic E-state index is 10.7. The average Bonchev–Trinajstić information content (AvgIpc) is 2.52. The molecule has 25 heavy (non-hydrogen) atoms. The Kier molecular flexibility index (Phi) is 15.6. The minimum Gasteiger partial charge on any atom is -0.279 e. The van der Waals surface area contributed by atoms with Gasteiger partial charge in [0.2, 0.25) is 0 Å². The molecule has 8 heteroatoms. The van der Waals surface area contributed by atoms with Crippen molar-refractivity contribution in [2.45, 2.75) is 84.6 Å². The third-order valence-electron chi connectivity index (χ3n) is 4.24. The van der Waals surface area contributed by atoms with Gasteiger partial charge in [0.1, 0.15) is 0 Å². The molecule has 0 aliphatic carbocycles. The van der Waals surface area contributed by atoms with Crippen LogP contribution in [0.25, 0.3) is 0 Å². The van der Waals surface area contributed by atoms with Gasteiger partial charge in [-0.25, -0.2) is 0 Å².